The number of hydrogen-bond donors (Lipinski definition) is 1. The zero-order chi connectivity index (χ0) is 17.6. The van der Waals surface area contributed by atoms with E-state index in [1.54, 1.807) is 16.0 Å². The van der Waals surface area contributed by atoms with Crippen molar-refractivity contribution in [1.82, 2.24) is 19.5 Å². The van der Waals surface area contributed by atoms with E-state index in [0.717, 1.165) is 12.8 Å². The van der Waals surface area contributed by atoms with Gasteiger partial charge in [-0.25, -0.2) is 18.3 Å². The van der Waals surface area contributed by atoms with Crippen molar-refractivity contribution in [2.24, 2.45) is 5.92 Å². The second-order valence-corrected chi connectivity index (χ2v) is 6.75. The number of rotatable bonds is 5. The molecular weight excluding hydrogens is 332 g/mol. The maximum absolute atomic E-state index is 13.3. The fourth-order valence-corrected chi connectivity index (χ4v) is 3.13. The fraction of sp³-hybridized carbons (Fsp3) is 0.562. The highest BCUT2D eigenvalue weighted by atomic mass is 19.3. The lowest BCUT2D eigenvalue weighted by atomic mass is 10.3. The third-order valence-electron chi connectivity index (χ3n) is 4.73. The highest BCUT2D eigenvalue weighted by Crippen LogP contribution is 2.33. The summed E-state index contributed by atoms with van der Waals surface area (Å²) in [6.07, 6.45) is 5.90. The van der Waals surface area contributed by atoms with E-state index in [1.165, 1.54) is 16.9 Å². The topological polar surface area (TPSA) is 74.0 Å². The molecule has 1 saturated carbocycles. The normalized spacial score (nSPS) is 20.2. The van der Waals surface area contributed by atoms with Crippen LogP contribution in [0.15, 0.2) is 18.6 Å². The Bertz CT molecular complexity index is 805. The lowest BCUT2D eigenvalue weighted by Crippen LogP contribution is -2.40. The predicted molar refractivity (Wildman–Crippen MR) is 85.7 cm³/mol. The van der Waals surface area contributed by atoms with Gasteiger partial charge in [-0.2, -0.15) is 5.10 Å². The van der Waals surface area contributed by atoms with Gasteiger partial charge in [0.1, 0.15) is 5.52 Å². The molecule has 0 aromatic carbocycles. The Morgan fingerprint density at radius 3 is 2.88 bits per heavy atom. The number of carbonyl (C=O) groups excluding carboxylic acids is 1. The molecule has 0 atom stereocenters. The minimum atomic E-state index is -2.64. The Labute approximate surface area is 142 Å². The number of likely N-dealkylation sites (tertiary alicyclic amines) is 1. The third-order valence-corrected chi connectivity index (χ3v) is 4.73. The SMILES string of the molecule is O=C(C1CC1)N(CCN1CCC(F)(F)C1)c1cn2ncc(O)c2cn1. The number of anilines is 1. The standard InChI is InChI=1S/C16H19F2N5O2/c17-16(18)3-4-21(10-16)5-6-22(15(25)11-1-2-11)14-9-23-12(7-19-14)13(24)8-20-23/h7-9,11,24H,1-6,10H2. The van der Waals surface area contributed by atoms with Gasteiger partial charge in [-0.3, -0.25) is 14.6 Å². The van der Waals surface area contributed by atoms with Gasteiger partial charge in [0, 0.05) is 32.0 Å². The van der Waals surface area contributed by atoms with Gasteiger partial charge in [-0.05, 0) is 12.8 Å². The summed E-state index contributed by atoms with van der Waals surface area (Å²) in [7, 11) is 0. The third kappa shape index (κ3) is 3.28. The molecule has 4 rings (SSSR count). The van der Waals surface area contributed by atoms with Crippen molar-refractivity contribution in [2.45, 2.75) is 25.2 Å². The number of carbonyl (C=O) groups is 1. The van der Waals surface area contributed by atoms with E-state index < -0.39 is 5.92 Å². The molecule has 2 fully saturated rings. The minimum Gasteiger partial charge on any atom is -0.504 e. The van der Waals surface area contributed by atoms with E-state index in [4.69, 9.17) is 0 Å². The number of amides is 1. The van der Waals surface area contributed by atoms with Gasteiger partial charge in [0.2, 0.25) is 5.91 Å². The molecule has 1 N–H and O–H groups in total. The number of alkyl halides is 2. The zero-order valence-electron chi connectivity index (χ0n) is 13.6. The summed E-state index contributed by atoms with van der Waals surface area (Å²) in [5.74, 6) is -2.26. The van der Waals surface area contributed by atoms with Gasteiger partial charge in [-0.1, -0.05) is 0 Å². The molecule has 0 radical (unpaired) electrons. The molecule has 1 aliphatic carbocycles. The predicted octanol–water partition coefficient (Wildman–Crippen LogP) is 1.52. The van der Waals surface area contributed by atoms with Gasteiger partial charge >= 0.3 is 0 Å². The maximum Gasteiger partial charge on any atom is 0.261 e. The van der Waals surface area contributed by atoms with Crippen molar-refractivity contribution < 1.29 is 18.7 Å². The molecule has 7 nitrogen and oxygen atoms in total. The fourth-order valence-electron chi connectivity index (χ4n) is 3.13. The molecular formula is C16H19F2N5O2. The summed E-state index contributed by atoms with van der Waals surface area (Å²) < 4.78 is 28.1. The van der Waals surface area contributed by atoms with Gasteiger partial charge in [0.25, 0.3) is 5.92 Å². The summed E-state index contributed by atoms with van der Waals surface area (Å²) >= 11 is 0. The van der Waals surface area contributed by atoms with E-state index in [9.17, 15) is 18.7 Å². The van der Waals surface area contributed by atoms with Crippen LogP contribution in [0.3, 0.4) is 0 Å². The second kappa shape index (κ2) is 5.91. The molecule has 25 heavy (non-hydrogen) atoms. The van der Waals surface area contributed by atoms with Crippen LogP contribution < -0.4 is 4.90 Å². The van der Waals surface area contributed by atoms with Crippen molar-refractivity contribution >= 4 is 17.2 Å². The smallest absolute Gasteiger partial charge is 0.261 e. The maximum atomic E-state index is 13.3. The molecule has 2 aromatic rings. The lowest BCUT2D eigenvalue weighted by molar-refractivity contribution is -0.119. The lowest BCUT2D eigenvalue weighted by Gasteiger charge is -2.24. The first-order valence-electron chi connectivity index (χ1n) is 8.37. The molecule has 134 valence electrons. The number of aromatic nitrogens is 3. The second-order valence-electron chi connectivity index (χ2n) is 6.75. The van der Waals surface area contributed by atoms with E-state index >= 15 is 0 Å². The number of fused-ring (bicyclic) bond motifs is 1. The van der Waals surface area contributed by atoms with E-state index in [2.05, 4.69) is 10.1 Å². The van der Waals surface area contributed by atoms with Crippen LogP contribution in [-0.2, 0) is 4.79 Å². The summed E-state index contributed by atoms with van der Waals surface area (Å²) in [6, 6.07) is 0. The molecule has 9 heteroatoms. The first kappa shape index (κ1) is 16.2. The molecule has 0 spiro atoms. The average Bonchev–Trinajstić information content (AvgIpc) is 3.29. The van der Waals surface area contributed by atoms with Crippen LogP contribution in [0.5, 0.6) is 5.75 Å². The van der Waals surface area contributed by atoms with Crippen LogP contribution in [0.25, 0.3) is 5.52 Å². The molecule has 0 bridgehead atoms. The van der Waals surface area contributed by atoms with Crippen molar-refractivity contribution in [2.75, 3.05) is 31.1 Å². The van der Waals surface area contributed by atoms with Crippen LogP contribution in [-0.4, -0.2) is 62.6 Å². The van der Waals surface area contributed by atoms with Crippen LogP contribution in [0.2, 0.25) is 0 Å². The molecule has 1 aliphatic heterocycles. The Morgan fingerprint density at radius 1 is 1.40 bits per heavy atom. The average molecular weight is 351 g/mol. The van der Waals surface area contributed by atoms with Crippen molar-refractivity contribution in [3.63, 3.8) is 0 Å². The van der Waals surface area contributed by atoms with Crippen molar-refractivity contribution in [3.05, 3.63) is 18.6 Å². The van der Waals surface area contributed by atoms with Crippen molar-refractivity contribution in [1.29, 1.82) is 0 Å². The zero-order valence-corrected chi connectivity index (χ0v) is 13.6. The van der Waals surface area contributed by atoms with Crippen LogP contribution >= 0.6 is 0 Å². The molecule has 2 aliphatic rings. The highest BCUT2D eigenvalue weighted by molar-refractivity contribution is 5.95. The molecule has 1 saturated heterocycles. The quantitative estimate of drug-likeness (QED) is 0.884. The Morgan fingerprint density at radius 2 is 2.20 bits per heavy atom. The summed E-state index contributed by atoms with van der Waals surface area (Å²) in [6.45, 7) is 0.741. The molecule has 2 aromatic heterocycles. The minimum absolute atomic E-state index is 0.0106. The number of halogens is 2. The molecule has 1 amide bonds. The Kier molecular flexibility index (Phi) is 3.82. The first-order chi connectivity index (χ1) is 11.9. The van der Waals surface area contributed by atoms with Crippen molar-refractivity contribution in [3.8, 4) is 5.75 Å². The highest BCUT2D eigenvalue weighted by Gasteiger charge is 2.39. The summed E-state index contributed by atoms with van der Waals surface area (Å²) in [5, 5.41) is 13.7. The van der Waals surface area contributed by atoms with Gasteiger partial charge < -0.3 is 5.11 Å². The first-order valence-corrected chi connectivity index (χ1v) is 8.37. The number of aromatic hydroxyl groups is 1. The van der Waals surface area contributed by atoms with Gasteiger partial charge in [0.05, 0.1) is 25.1 Å². The Hall–Kier alpha value is -2.29. The van der Waals surface area contributed by atoms with Crippen LogP contribution in [0, 0.1) is 5.92 Å². The van der Waals surface area contributed by atoms with E-state index in [1.807, 2.05) is 0 Å². The van der Waals surface area contributed by atoms with Gasteiger partial charge in [-0.15, -0.1) is 0 Å². The molecule has 0 unspecified atom stereocenters. The summed E-state index contributed by atoms with van der Waals surface area (Å²) in [5.41, 5.74) is 0.446. The van der Waals surface area contributed by atoms with Crippen LogP contribution in [0.1, 0.15) is 19.3 Å². The van der Waals surface area contributed by atoms with Gasteiger partial charge in [0.15, 0.2) is 11.6 Å². The number of nitrogens with zero attached hydrogens (tertiary/aromatic N) is 5. The van der Waals surface area contributed by atoms with E-state index in [-0.39, 0.29) is 30.5 Å². The van der Waals surface area contributed by atoms with E-state index in [0.29, 0.717) is 31.0 Å². The van der Waals surface area contributed by atoms with Crippen LogP contribution in [0.4, 0.5) is 14.6 Å². The molecule has 3 heterocycles. The Balaban J connectivity index is 1.53. The monoisotopic (exact) mass is 351 g/mol. The largest absolute Gasteiger partial charge is 0.504 e. The summed E-state index contributed by atoms with van der Waals surface area (Å²) in [4.78, 5) is 20.1. The number of hydrogen-bond acceptors (Lipinski definition) is 5.